The van der Waals surface area contributed by atoms with E-state index in [9.17, 15) is 4.39 Å². The van der Waals surface area contributed by atoms with E-state index in [4.69, 9.17) is 0 Å². The van der Waals surface area contributed by atoms with Gasteiger partial charge in [0.2, 0.25) is 0 Å². The second kappa shape index (κ2) is 5.40. The number of rotatable bonds is 4. The second-order valence-corrected chi connectivity index (χ2v) is 5.86. The molecule has 1 N–H and O–H groups in total. The third kappa shape index (κ3) is 2.59. The predicted octanol–water partition coefficient (Wildman–Crippen LogP) is 4.37. The van der Waals surface area contributed by atoms with Gasteiger partial charge in [0, 0.05) is 6.04 Å². The van der Waals surface area contributed by atoms with Gasteiger partial charge in [0.05, 0.1) is 0 Å². The third-order valence-corrected chi connectivity index (χ3v) is 4.37. The van der Waals surface area contributed by atoms with Gasteiger partial charge in [-0.05, 0) is 48.9 Å². The van der Waals surface area contributed by atoms with E-state index in [0.29, 0.717) is 11.5 Å². The van der Waals surface area contributed by atoms with E-state index in [1.165, 1.54) is 31.2 Å². The molecule has 1 aromatic rings. The Bertz CT molecular complexity index is 408. The maximum absolute atomic E-state index is 13.4. The number of aryl methyl sites for hydroxylation is 1. The van der Waals surface area contributed by atoms with E-state index in [1.54, 1.807) is 6.07 Å². The molecule has 0 heterocycles. The second-order valence-electron chi connectivity index (χ2n) is 5.86. The lowest BCUT2D eigenvalue weighted by Gasteiger charge is -2.35. The fraction of sp³-hybridized carbons (Fsp3) is 0.625. The normalized spacial score (nSPS) is 20.0. The van der Waals surface area contributed by atoms with E-state index in [2.05, 4.69) is 19.2 Å². The Kier molecular flexibility index (Phi) is 4.06. The van der Waals surface area contributed by atoms with Crippen LogP contribution >= 0.6 is 0 Å². The molecule has 1 aliphatic rings. The van der Waals surface area contributed by atoms with E-state index >= 15 is 0 Å². The van der Waals surface area contributed by atoms with Gasteiger partial charge in [0.25, 0.3) is 0 Å². The summed E-state index contributed by atoms with van der Waals surface area (Å²) in [7, 11) is 0. The van der Waals surface area contributed by atoms with Crippen molar-refractivity contribution < 1.29 is 4.39 Å². The molecule has 0 aliphatic heterocycles. The zero-order chi connectivity index (χ0) is 13.2. The van der Waals surface area contributed by atoms with Crippen LogP contribution in [0.4, 0.5) is 4.39 Å². The molecular formula is C16H24FN. The fourth-order valence-corrected chi connectivity index (χ4v) is 3.29. The predicted molar refractivity (Wildman–Crippen MR) is 74.1 cm³/mol. The van der Waals surface area contributed by atoms with Crippen molar-refractivity contribution in [3.05, 3.63) is 35.1 Å². The molecule has 1 aromatic carbocycles. The van der Waals surface area contributed by atoms with Crippen LogP contribution in [0.3, 0.4) is 0 Å². The van der Waals surface area contributed by atoms with Gasteiger partial charge in [0.15, 0.2) is 0 Å². The molecule has 1 saturated carbocycles. The summed E-state index contributed by atoms with van der Waals surface area (Å²) in [6.07, 6.45) is 5.17. The Morgan fingerprint density at radius 2 is 2.00 bits per heavy atom. The minimum absolute atomic E-state index is 0.106. The Labute approximate surface area is 110 Å². The minimum atomic E-state index is -0.106. The zero-order valence-electron chi connectivity index (χ0n) is 11.7. The molecule has 0 radical (unpaired) electrons. The van der Waals surface area contributed by atoms with Gasteiger partial charge in [-0.2, -0.15) is 0 Å². The standard InChI is InChI=1S/C16H24FN/c1-4-18-15(16(3)9-5-6-10-16)13-7-8-14(17)12(2)11-13/h7-8,11,15,18H,4-6,9-10H2,1-3H3. The minimum Gasteiger partial charge on any atom is -0.310 e. The average Bonchev–Trinajstić information content (AvgIpc) is 2.78. The highest BCUT2D eigenvalue weighted by atomic mass is 19.1. The van der Waals surface area contributed by atoms with E-state index in [1.807, 2.05) is 19.1 Å². The van der Waals surface area contributed by atoms with E-state index in [0.717, 1.165) is 12.1 Å². The van der Waals surface area contributed by atoms with Crippen molar-refractivity contribution in [2.24, 2.45) is 5.41 Å². The molecule has 2 rings (SSSR count). The largest absolute Gasteiger partial charge is 0.310 e. The molecular weight excluding hydrogens is 225 g/mol. The van der Waals surface area contributed by atoms with Crippen LogP contribution in [-0.2, 0) is 0 Å². The highest BCUT2D eigenvalue weighted by molar-refractivity contribution is 5.28. The maximum atomic E-state index is 13.4. The first-order valence-electron chi connectivity index (χ1n) is 7.06. The van der Waals surface area contributed by atoms with Crippen molar-refractivity contribution in [2.45, 2.75) is 52.5 Å². The number of hydrogen-bond donors (Lipinski definition) is 1. The summed E-state index contributed by atoms with van der Waals surface area (Å²) in [6.45, 7) is 7.31. The SMILES string of the molecule is CCNC(c1ccc(F)c(C)c1)C1(C)CCCC1. The number of halogens is 1. The van der Waals surface area contributed by atoms with Gasteiger partial charge >= 0.3 is 0 Å². The molecule has 0 spiro atoms. The third-order valence-electron chi connectivity index (χ3n) is 4.37. The summed E-state index contributed by atoms with van der Waals surface area (Å²) in [5.74, 6) is -0.106. The summed E-state index contributed by atoms with van der Waals surface area (Å²) < 4.78 is 13.4. The molecule has 100 valence electrons. The first kappa shape index (κ1) is 13.5. The van der Waals surface area contributed by atoms with Crippen LogP contribution in [0, 0.1) is 18.2 Å². The number of benzene rings is 1. The highest BCUT2D eigenvalue weighted by Gasteiger charge is 2.37. The van der Waals surface area contributed by atoms with Crippen LogP contribution in [0.5, 0.6) is 0 Å². The Morgan fingerprint density at radius 3 is 2.56 bits per heavy atom. The lowest BCUT2D eigenvalue weighted by molar-refractivity contribution is 0.226. The zero-order valence-corrected chi connectivity index (χ0v) is 11.7. The number of nitrogens with one attached hydrogen (secondary N) is 1. The Morgan fingerprint density at radius 1 is 1.33 bits per heavy atom. The lowest BCUT2D eigenvalue weighted by Crippen LogP contribution is -2.34. The quantitative estimate of drug-likeness (QED) is 0.835. The molecule has 1 aliphatic carbocycles. The van der Waals surface area contributed by atoms with Gasteiger partial charge < -0.3 is 5.32 Å². The first-order valence-corrected chi connectivity index (χ1v) is 7.06. The van der Waals surface area contributed by atoms with Crippen molar-refractivity contribution in [2.75, 3.05) is 6.54 Å². The molecule has 1 unspecified atom stereocenters. The van der Waals surface area contributed by atoms with Gasteiger partial charge in [0.1, 0.15) is 5.82 Å². The van der Waals surface area contributed by atoms with Crippen LogP contribution < -0.4 is 5.32 Å². The van der Waals surface area contributed by atoms with Crippen LogP contribution in [0.2, 0.25) is 0 Å². The summed E-state index contributed by atoms with van der Waals surface area (Å²) in [5, 5.41) is 3.61. The van der Waals surface area contributed by atoms with Gasteiger partial charge in [-0.1, -0.05) is 38.8 Å². The fourth-order valence-electron chi connectivity index (χ4n) is 3.29. The van der Waals surface area contributed by atoms with Gasteiger partial charge in [-0.15, -0.1) is 0 Å². The summed E-state index contributed by atoms with van der Waals surface area (Å²) in [4.78, 5) is 0. The van der Waals surface area contributed by atoms with E-state index in [-0.39, 0.29) is 5.82 Å². The summed E-state index contributed by atoms with van der Waals surface area (Å²) in [6, 6.07) is 5.91. The molecule has 0 amide bonds. The smallest absolute Gasteiger partial charge is 0.126 e. The average molecular weight is 249 g/mol. The molecule has 2 heteroatoms. The van der Waals surface area contributed by atoms with Crippen LogP contribution in [-0.4, -0.2) is 6.54 Å². The van der Waals surface area contributed by atoms with Gasteiger partial charge in [-0.25, -0.2) is 4.39 Å². The van der Waals surface area contributed by atoms with Crippen molar-refractivity contribution in [1.29, 1.82) is 0 Å². The molecule has 0 bridgehead atoms. The maximum Gasteiger partial charge on any atom is 0.126 e. The molecule has 1 atom stereocenters. The van der Waals surface area contributed by atoms with Crippen molar-refractivity contribution in [3.8, 4) is 0 Å². The monoisotopic (exact) mass is 249 g/mol. The summed E-state index contributed by atoms with van der Waals surface area (Å²) >= 11 is 0. The van der Waals surface area contributed by atoms with E-state index < -0.39 is 0 Å². The Hall–Kier alpha value is -0.890. The molecule has 18 heavy (non-hydrogen) atoms. The van der Waals surface area contributed by atoms with Gasteiger partial charge in [-0.3, -0.25) is 0 Å². The lowest BCUT2D eigenvalue weighted by atomic mass is 9.77. The Balaban J connectivity index is 2.31. The van der Waals surface area contributed by atoms with Crippen molar-refractivity contribution >= 4 is 0 Å². The molecule has 1 nitrogen and oxygen atoms in total. The number of hydrogen-bond acceptors (Lipinski definition) is 1. The van der Waals surface area contributed by atoms with Crippen molar-refractivity contribution in [1.82, 2.24) is 5.32 Å². The highest BCUT2D eigenvalue weighted by Crippen LogP contribution is 2.47. The molecule has 1 fully saturated rings. The molecule has 0 saturated heterocycles. The van der Waals surface area contributed by atoms with Crippen LogP contribution in [0.15, 0.2) is 18.2 Å². The molecule has 0 aromatic heterocycles. The van der Waals surface area contributed by atoms with Crippen LogP contribution in [0.1, 0.15) is 56.7 Å². The van der Waals surface area contributed by atoms with Crippen molar-refractivity contribution in [3.63, 3.8) is 0 Å². The summed E-state index contributed by atoms with van der Waals surface area (Å²) in [5.41, 5.74) is 2.30. The topological polar surface area (TPSA) is 12.0 Å². The van der Waals surface area contributed by atoms with Crippen LogP contribution in [0.25, 0.3) is 0 Å². The first-order chi connectivity index (χ1) is 8.57.